The lowest BCUT2D eigenvalue weighted by atomic mass is 9.89. The van der Waals surface area contributed by atoms with Crippen molar-refractivity contribution in [1.82, 2.24) is 9.55 Å². The molecule has 0 saturated heterocycles. The van der Waals surface area contributed by atoms with Crippen molar-refractivity contribution in [3.05, 3.63) is 85.2 Å². The van der Waals surface area contributed by atoms with Crippen LogP contribution in [0.1, 0.15) is 29.5 Å². The maximum absolute atomic E-state index is 13.3. The van der Waals surface area contributed by atoms with E-state index in [4.69, 9.17) is 23.2 Å². The van der Waals surface area contributed by atoms with Crippen molar-refractivity contribution in [3.8, 4) is 11.1 Å². The van der Waals surface area contributed by atoms with Crippen molar-refractivity contribution in [1.29, 1.82) is 0 Å². The number of nitrogens with zero attached hydrogens (tertiary/aromatic N) is 2. The molecule has 29 heavy (non-hydrogen) atoms. The lowest BCUT2D eigenvalue weighted by Gasteiger charge is -2.16. The summed E-state index contributed by atoms with van der Waals surface area (Å²) in [7, 11) is 0. The fourth-order valence-corrected chi connectivity index (χ4v) is 5.47. The van der Waals surface area contributed by atoms with Crippen LogP contribution in [0.25, 0.3) is 21.3 Å². The van der Waals surface area contributed by atoms with Crippen LogP contribution in [0.2, 0.25) is 10.0 Å². The Morgan fingerprint density at radius 1 is 1.03 bits per heavy atom. The molecule has 6 heteroatoms. The Morgan fingerprint density at radius 3 is 2.59 bits per heavy atom. The van der Waals surface area contributed by atoms with Crippen LogP contribution in [-0.2, 0) is 19.4 Å². The molecule has 0 saturated carbocycles. The third-order valence-electron chi connectivity index (χ3n) is 5.61. The van der Waals surface area contributed by atoms with E-state index in [2.05, 4.69) is 23.2 Å². The van der Waals surface area contributed by atoms with Gasteiger partial charge in [-0.05, 0) is 54.5 Å². The van der Waals surface area contributed by atoms with Gasteiger partial charge in [-0.15, -0.1) is 11.3 Å². The monoisotopic (exact) mass is 440 g/mol. The molecular formula is C23H18Cl2N2OS. The standard InChI is InChI=1S/C23H18Cl2N2OS/c24-19-6-3-7-20(25)17(19)11-27-13-26-22-21(23(27)28)18(12-29-22)16-9-8-14-4-1-2-5-15(14)10-16/h3,6-10,12-13H,1-2,4-5,11H2. The molecule has 0 bridgehead atoms. The van der Waals surface area contributed by atoms with Crippen LogP contribution >= 0.6 is 34.5 Å². The highest BCUT2D eigenvalue weighted by atomic mass is 35.5. The largest absolute Gasteiger partial charge is 0.294 e. The molecule has 0 spiro atoms. The predicted molar refractivity (Wildman–Crippen MR) is 122 cm³/mol. The van der Waals surface area contributed by atoms with E-state index in [0.29, 0.717) is 22.0 Å². The molecule has 0 fully saturated rings. The van der Waals surface area contributed by atoms with Crippen LogP contribution in [0.4, 0.5) is 0 Å². The molecule has 3 nitrogen and oxygen atoms in total. The van der Waals surface area contributed by atoms with Gasteiger partial charge in [-0.3, -0.25) is 9.36 Å². The van der Waals surface area contributed by atoms with E-state index in [-0.39, 0.29) is 5.56 Å². The first-order valence-corrected chi connectivity index (χ1v) is 11.3. The molecule has 4 aromatic rings. The van der Waals surface area contributed by atoms with Gasteiger partial charge in [0.05, 0.1) is 18.3 Å². The third-order valence-corrected chi connectivity index (χ3v) is 7.20. The Balaban J connectivity index is 1.62. The van der Waals surface area contributed by atoms with E-state index in [0.717, 1.165) is 34.4 Å². The van der Waals surface area contributed by atoms with Gasteiger partial charge in [0.25, 0.3) is 5.56 Å². The highest BCUT2D eigenvalue weighted by molar-refractivity contribution is 7.17. The first-order chi connectivity index (χ1) is 14.1. The Morgan fingerprint density at radius 2 is 1.79 bits per heavy atom. The van der Waals surface area contributed by atoms with Gasteiger partial charge in [-0.25, -0.2) is 4.98 Å². The lowest BCUT2D eigenvalue weighted by molar-refractivity contribution is 0.686. The molecule has 146 valence electrons. The first-order valence-electron chi connectivity index (χ1n) is 9.63. The molecule has 0 aliphatic heterocycles. The number of hydrogen-bond donors (Lipinski definition) is 0. The van der Waals surface area contributed by atoms with Crippen LogP contribution in [0.3, 0.4) is 0 Å². The van der Waals surface area contributed by atoms with E-state index < -0.39 is 0 Å². The summed E-state index contributed by atoms with van der Waals surface area (Å²) in [5.41, 5.74) is 5.54. The average Bonchev–Trinajstić information content (AvgIpc) is 3.17. The van der Waals surface area contributed by atoms with E-state index in [1.807, 2.05) is 5.38 Å². The molecule has 0 N–H and O–H groups in total. The third kappa shape index (κ3) is 3.39. The zero-order valence-corrected chi connectivity index (χ0v) is 17.9. The average molecular weight is 441 g/mol. The summed E-state index contributed by atoms with van der Waals surface area (Å²) in [6.07, 6.45) is 6.32. The van der Waals surface area contributed by atoms with Crippen molar-refractivity contribution in [3.63, 3.8) is 0 Å². The topological polar surface area (TPSA) is 34.9 Å². The van der Waals surface area contributed by atoms with E-state index >= 15 is 0 Å². The normalized spacial score (nSPS) is 13.6. The number of fused-ring (bicyclic) bond motifs is 2. The molecule has 2 aromatic heterocycles. The highest BCUT2D eigenvalue weighted by Gasteiger charge is 2.17. The van der Waals surface area contributed by atoms with Gasteiger partial charge in [0.15, 0.2) is 0 Å². The number of rotatable bonds is 3. The van der Waals surface area contributed by atoms with Gasteiger partial charge in [-0.2, -0.15) is 0 Å². The number of aryl methyl sites for hydroxylation is 2. The van der Waals surface area contributed by atoms with Crippen LogP contribution in [0, 0.1) is 0 Å². The van der Waals surface area contributed by atoms with Crippen LogP contribution < -0.4 is 5.56 Å². The smallest absolute Gasteiger partial charge is 0.263 e. The summed E-state index contributed by atoms with van der Waals surface area (Å²) in [4.78, 5) is 18.6. The summed E-state index contributed by atoms with van der Waals surface area (Å²) in [5.74, 6) is 0. The molecule has 1 aliphatic carbocycles. The maximum atomic E-state index is 13.3. The summed E-state index contributed by atoms with van der Waals surface area (Å²) in [5, 5.41) is 3.79. The Hall–Kier alpha value is -2.14. The molecule has 0 unspecified atom stereocenters. The van der Waals surface area contributed by atoms with Gasteiger partial charge >= 0.3 is 0 Å². The van der Waals surface area contributed by atoms with Crippen molar-refractivity contribution >= 4 is 44.8 Å². The minimum atomic E-state index is -0.0695. The molecule has 2 aromatic carbocycles. The van der Waals surface area contributed by atoms with Gasteiger partial charge in [-0.1, -0.05) is 47.5 Å². The molecule has 0 atom stereocenters. The Kier molecular flexibility index (Phi) is 4.94. The highest BCUT2D eigenvalue weighted by Crippen LogP contribution is 2.33. The number of benzene rings is 2. The van der Waals surface area contributed by atoms with Crippen molar-refractivity contribution in [2.75, 3.05) is 0 Å². The minimum absolute atomic E-state index is 0.0695. The zero-order valence-electron chi connectivity index (χ0n) is 15.6. The van der Waals surface area contributed by atoms with Crippen LogP contribution in [0.5, 0.6) is 0 Å². The van der Waals surface area contributed by atoms with Crippen molar-refractivity contribution in [2.24, 2.45) is 0 Å². The van der Waals surface area contributed by atoms with Gasteiger partial charge in [0.1, 0.15) is 4.83 Å². The zero-order chi connectivity index (χ0) is 20.0. The van der Waals surface area contributed by atoms with Gasteiger partial charge in [0, 0.05) is 26.6 Å². The molecular weight excluding hydrogens is 423 g/mol. The SMILES string of the molecule is O=c1c2c(-c3ccc4c(c3)CCCC4)csc2ncn1Cc1c(Cl)cccc1Cl. The fourth-order valence-electron chi connectivity index (χ4n) is 4.05. The summed E-state index contributed by atoms with van der Waals surface area (Å²) in [6.45, 7) is 0.291. The second-order valence-corrected chi connectivity index (χ2v) is 9.07. The molecule has 0 radical (unpaired) electrons. The summed E-state index contributed by atoms with van der Waals surface area (Å²) < 4.78 is 1.59. The second-order valence-electron chi connectivity index (χ2n) is 7.40. The van der Waals surface area contributed by atoms with E-state index in [1.165, 1.54) is 35.3 Å². The van der Waals surface area contributed by atoms with Crippen LogP contribution in [0.15, 0.2) is 52.9 Å². The van der Waals surface area contributed by atoms with Gasteiger partial charge in [0.2, 0.25) is 0 Å². The minimum Gasteiger partial charge on any atom is -0.294 e. The number of halogens is 2. The number of thiophene rings is 1. The quantitative estimate of drug-likeness (QED) is 0.371. The Labute approximate surface area is 182 Å². The van der Waals surface area contributed by atoms with E-state index in [9.17, 15) is 4.79 Å². The molecule has 1 aliphatic rings. The summed E-state index contributed by atoms with van der Waals surface area (Å²) in [6, 6.07) is 12.0. The molecule has 5 rings (SSSR count). The predicted octanol–water partition coefficient (Wildman–Crippen LogP) is 6.36. The maximum Gasteiger partial charge on any atom is 0.263 e. The molecule has 0 amide bonds. The van der Waals surface area contributed by atoms with Crippen molar-refractivity contribution < 1.29 is 0 Å². The fraction of sp³-hybridized carbons (Fsp3) is 0.217. The number of hydrogen-bond acceptors (Lipinski definition) is 3. The van der Waals surface area contributed by atoms with E-state index in [1.54, 1.807) is 29.1 Å². The van der Waals surface area contributed by atoms with Gasteiger partial charge < -0.3 is 0 Å². The second kappa shape index (κ2) is 7.60. The number of aromatic nitrogens is 2. The Bertz CT molecular complexity index is 1270. The molecule has 2 heterocycles. The summed E-state index contributed by atoms with van der Waals surface area (Å²) >= 11 is 14.1. The van der Waals surface area contributed by atoms with Crippen molar-refractivity contribution in [2.45, 2.75) is 32.2 Å². The lowest BCUT2D eigenvalue weighted by Crippen LogP contribution is -2.21. The first kappa shape index (κ1) is 18.9. The van der Waals surface area contributed by atoms with Crippen LogP contribution in [-0.4, -0.2) is 9.55 Å².